The molecule has 1 N–H and O–H groups in total. The van der Waals surface area contributed by atoms with Crippen molar-refractivity contribution < 1.29 is 32.6 Å². The van der Waals surface area contributed by atoms with E-state index in [4.69, 9.17) is 0 Å². The van der Waals surface area contributed by atoms with Gasteiger partial charge in [-0.25, -0.2) is 9.36 Å². The summed E-state index contributed by atoms with van der Waals surface area (Å²) in [5, 5.41) is 10.7. The minimum Gasteiger partial charge on any atom is -0.493 e. The number of ether oxygens (including phenoxy) is 1. The van der Waals surface area contributed by atoms with Crippen LogP contribution in [-0.2, 0) is 20.5 Å². The largest absolute Gasteiger partial charge is 0.493 e. The number of imidazole rings is 1. The summed E-state index contributed by atoms with van der Waals surface area (Å²) in [6, 6.07) is 3.15. The van der Waals surface area contributed by atoms with E-state index in [-0.39, 0.29) is 36.7 Å². The van der Waals surface area contributed by atoms with Crippen LogP contribution in [0, 0.1) is 0 Å². The Kier molecular flexibility index (Phi) is 4.63. The summed E-state index contributed by atoms with van der Waals surface area (Å²) in [5.74, 6) is -1.33. The number of methoxy groups -OCH3 is 1. The Morgan fingerprint density at radius 2 is 2.00 bits per heavy atom. The van der Waals surface area contributed by atoms with E-state index in [1.807, 2.05) is 0 Å². The highest BCUT2D eigenvalue weighted by atomic mass is 19.4. The first kappa shape index (κ1) is 20.0. The zero-order valence-electron chi connectivity index (χ0n) is 15.8. The number of fused-ring (bicyclic) bond motifs is 5. The average Bonchev–Trinajstić information content (AvgIpc) is 3.36. The number of benzene rings is 1. The molecule has 0 aliphatic carbocycles. The van der Waals surface area contributed by atoms with E-state index in [0.717, 1.165) is 22.8 Å². The molecular formula is C19H18F3N3O5. The van der Waals surface area contributed by atoms with Gasteiger partial charge in [-0.3, -0.25) is 14.2 Å². The van der Waals surface area contributed by atoms with Gasteiger partial charge in [0.15, 0.2) is 0 Å². The fourth-order valence-corrected chi connectivity index (χ4v) is 4.23. The van der Waals surface area contributed by atoms with Gasteiger partial charge >= 0.3 is 17.8 Å². The van der Waals surface area contributed by atoms with Gasteiger partial charge in [-0.2, -0.15) is 13.2 Å². The lowest BCUT2D eigenvalue weighted by molar-refractivity contribution is -0.144. The smallest absolute Gasteiger partial charge is 0.416 e. The second-order valence-electron chi connectivity index (χ2n) is 7.27. The van der Waals surface area contributed by atoms with Crippen molar-refractivity contribution in [2.75, 3.05) is 13.7 Å². The fourth-order valence-electron chi connectivity index (χ4n) is 4.23. The number of aromatic nitrogens is 2. The monoisotopic (exact) mass is 425 g/mol. The first-order chi connectivity index (χ1) is 14.1. The molecule has 2 aromatic rings. The number of hydrogen-bond acceptors (Lipinski definition) is 5. The van der Waals surface area contributed by atoms with Gasteiger partial charge in [0.25, 0.3) is 0 Å². The molecule has 1 amide bonds. The molecule has 0 radical (unpaired) electrons. The molecule has 0 spiro atoms. The molecule has 2 aliphatic heterocycles. The maximum Gasteiger partial charge on any atom is 0.416 e. The second-order valence-corrected chi connectivity index (χ2v) is 7.27. The van der Waals surface area contributed by atoms with Gasteiger partial charge in [0.2, 0.25) is 11.8 Å². The number of carbonyl (C=O) groups excluding carboxylic acids is 2. The predicted octanol–water partition coefficient (Wildman–Crippen LogP) is 2.14. The van der Waals surface area contributed by atoms with Crippen LogP contribution in [0.2, 0.25) is 0 Å². The third-order valence-electron chi connectivity index (χ3n) is 5.58. The lowest BCUT2D eigenvalue weighted by Crippen LogP contribution is -2.38. The molecule has 11 heteroatoms. The van der Waals surface area contributed by atoms with Crippen LogP contribution in [0.4, 0.5) is 13.2 Å². The van der Waals surface area contributed by atoms with E-state index in [0.29, 0.717) is 6.42 Å². The van der Waals surface area contributed by atoms with Crippen molar-refractivity contribution >= 4 is 11.9 Å². The Bertz CT molecular complexity index is 1090. The van der Waals surface area contributed by atoms with Crippen molar-refractivity contribution in [3.63, 3.8) is 0 Å². The molecule has 1 aromatic carbocycles. The molecule has 2 bridgehead atoms. The molecule has 3 heterocycles. The topological polar surface area (TPSA) is 93.8 Å². The third kappa shape index (κ3) is 3.04. The van der Waals surface area contributed by atoms with E-state index < -0.39 is 41.4 Å². The maximum atomic E-state index is 13.0. The highest BCUT2D eigenvalue weighted by Gasteiger charge is 2.49. The Labute approximate surface area is 168 Å². The number of alkyl halides is 3. The summed E-state index contributed by atoms with van der Waals surface area (Å²) < 4.78 is 45.8. The minimum absolute atomic E-state index is 0.0742. The zero-order chi connectivity index (χ0) is 21.8. The van der Waals surface area contributed by atoms with Crippen LogP contribution in [-0.4, -0.2) is 44.7 Å². The van der Waals surface area contributed by atoms with Crippen molar-refractivity contribution in [1.82, 2.24) is 14.0 Å². The Morgan fingerprint density at radius 3 is 2.67 bits per heavy atom. The van der Waals surface area contributed by atoms with E-state index in [9.17, 15) is 32.7 Å². The van der Waals surface area contributed by atoms with Gasteiger partial charge in [0, 0.05) is 13.0 Å². The first-order valence-corrected chi connectivity index (χ1v) is 9.23. The molecule has 2 atom stereocenters. The van der Waals surface area contributed by atoms with Crippen molar-refractivity contribution in [1.29, 1.82) is 0 Å². The standard InChI is InChI=1S/C19H18F3N3O5/c1-30-15(27)6-5-14(26)23-9-12-8-13(23)16-17(28)25(18(29)24(12)16)11-4-2-3-10(7-11)19(20,21)22/h2-4,7,12-13,28H,5-6,8-9H2,1H3. The molecule has 1 saturated heterocycles. The number of aromatic hydroxyl groups is 1. The fraction of sp³-hybridized carbons (Fsp3) is 0.421. The van der Waals surface area contributed by atoms with Crippen LogP contribution >= 0.6 is 0 Å². The molecule has 4 rings (SSSR count). The molecule has 30 heavy (non-hydrogen) atoms. The summed E-state index contributed by atoms with van der Waals surface area (Å²) in [6.07, 6.45) is -4.34. The van der Waals surface area contributed by atoms with Gasteiger partial charge in [0.1, 0.15) is 5.69 Å². The average molecular weight is 425 g/mol. The van der Waals surface area contributed by atoms with Gasteiger partial charge in [-0.05, 0) is 24.6 Å². The number of hydrogen-bond donors (Lipinski definition) is 1. The normalized spacial score (nSPS) is 19.8. The van der Waals surface area contributed by atoms with Crippen molar-refractivity contribution in [2.24, 2.45) is 0 Å². The molecule has 0 saturated carbocycles. The molecule has 2 unspecified atom stereocenters. The second kappa shape index (κ2) is 6.92. The molecular weight excluding hydrogens is 407 g/mol. The van der Waals surface area contributed by atoms with Gasteiger partial charge in [-0.1, -0.05) is 6.07 Å². The maximum absolute atomic E-state index is 13.0. The number of carbonyl (C=O) groups is 2. The lowest BCUT2D eigenvalue weighted by atomic mass is 10.1. The predicted molar refractivity (Wildman–Crippen MR) is 96.1 cm³/mol. The van der Waals surface area contributed by atoms with Gasteiger partial charge in [0.05, 0.1) is 36.9 Å². The lowest BCUT2D eigenvalue weighted by Gasteiger charge is -2.27. The number of rotatable bonds is 4. The van der Waals surface area contributed by atoms with Crippen LogP contribution in [0.5, 0.6) is 5.88 Å². The summed E-state index contributed by atoms with van der Waals surface area (Å²) in [6.45, 7) is 0.226. The molecule has 160 valence electrons. The highest BCUT2D eigenvalue weighted by molar-refractivity contribution is 5.82. The number of nitrogens with zero attached hydrogens (tertiary/aromatic N) is 3. The quantitative estimate of drug-likeness (QED) is 0.758. The van der Waals surface area contributed by atoms with Crippen molar-refractivity contribution in [2.45, 2.75) is 37.5 Å². The van der Waals surface area contributed by atoms with Crippen LogP contribution < -0.4 is 5.69 Å². The minimum atomic E-state index is -4.60. The summed E-state index contributed by atoms with van der Waals surface area (Å²) in [5.41, 5.74) is -1.52. The Balaban J connectivity index is 1.68. The van der Waals surface area contributed by atoms with E-state index >= 15 is 0 Å². The summed E-state index contributed by atoms with van der Waals surface area (Å²) >= 11 is 0. The van der Waals surface area contributed by atoms with E-state index in [1.54, 1.807) is 0 Å². The number of amides is 1. The number of esters is 1. The molecule has 2 aliphatic rings. The van der Waals surface area contributed by atoms with Crippen molar-refractivity contribution in [3.05, 3.63) is 46.0 Å². The molecule has 1 aromatic heterocycles. The Morgan fingerprint density at radius 1 is 1.27 bits per heavy atom. The van der Waals surface area contributed by atoms with Crippen LogP contribution in [0.15, 0.2) is 29.1 Å². The van der Waals surface area contributed by atoms with Gasteiger partial charge < -0.3 is 14.7 Å². The SMILES string of the molecule is COC(=O)CCC(=O)N1CC2CC1c1c(O)n(-c3cccc(C(F)(F)F)c3)c(=O)n12. The first-order valence-electron chi connectivity index (χ1n) is 9.23. The molecule has 1 fully saturated rings. The van der Waals surface area contributed by atoms with Crippen molar-refractivity contribution in [3.8, 4) is 11.6 Å². The van der Waals surface area contributed by atoms with Crippen LogP contribution in [0.25, 0.3) is 5.69 Å². The number of halogens is 3. The van der Waals surface area contributed by atoms with Gasteiger partial charge in [-0.15, -0.1) is 0 Å². The van der Waals surface area contributed by atoms with E-state index in [2.05, 4.69) is 4.74 Å². The highest BCUT2D eigenvalue weighted by Crippen LogP contribution is 2.48. The van der Waals surface area contributed by atoms with Crippen LogP contribution in [0.1, 0.15) is 42.6 Å². The van der Waals surface area contributed by atoms with Crippen LogP contribution in [0.3, 0.4) is 0 Å². The number of likely N-dealkylation sites (tertiary alicyclic amines) is 1. The Hall–Kier alpha value is -3.24. The molecule has 8 nitrogen and oxygen atoms in total. The third-order valence-corrected chi connectivity index (χ3v) is 5.58. The summed E-state index contributed by atoms with van der Waals surface area (Å²) in [7, 11) is 1.22. The van der Waals surface area contributed by atoms with E-state index in [1.165, 1.54) is 22.6 Å². The zero-order valence-corrected chi connectivity index (χ0v) is 15.8. The summed E-state index contributed by atoms with van der Waals surface area (Å²) in [4.78, 5) is 38.2.